The fourth-order valence-electron chi connectivity index (χ4n) is 3.64. The number of nitrogens with one attached hydrogen (secondary N) is 2. The number of benzene rings is 4. The maximum absolute atomic E-state index is 13.0. The van der Waals surface area contributed by atoms with Crippen LogP contribution in [0.3, 0.4) is 0 Å². The van der Waals surface area contributed by atoms with Crippen LogP contribution in [0.4, 0.5) is 16.5 Å². The fourth-order valence-corrected chi connectivity index (χ4v) is 4.38. The van der Waals surface area contributed by atoms with Crippen molar-refractivity contribution in [2.45, 2.75) is 0 Å². The summed E-state index contributed by atoms with van der Waals surface area (Å²) >= 11 is 1.53. The molecule has 1 aromatic heterocycles. The smallest absolute Gasteiger partial charge is 0.256 e. The summed E-state index contributed by atoms with van der Waals surface area (Å²) in [5.41, 5.74) is 4.09. The molecule has 5 rings (SSSR count). The van der Waals surface area contributed by atoms with Crippen molar-refractivity contribution < 1.29 is 9.53 Å². The molecule has 0 aliphatic heterocycles. The number of rotatable bonds is 6. The number of carbonyl (C=O) groups is 1. The van der Waals surface area contributed by atoms with Gasteiger partial charge in [0.2, 0.25) is 0 Å². The van der Waals surface area contributed by atoms with Gasteiger partial charge in [0.05, 0.1) is 12.8 Å². The Morgan fingerprint density at radius 3 is 2.52 bits per heavy atom. The fraction of sp³-hybridized carbons (Fsp3) is 0.0370. The average Bonchev–Trinajstić information content (AvgIpc) is 3.33. The molecule has 0 aliphatic carbocycles. The van der Waals surface area contributed by atoms with Crippen LogP contribution in [0.25, 0.3) is 22.0 Å². The minimum absolute atomic E-state index is 0.135. The first-order valence-corrected chi connectivity index (χ1v) is 11.3. The first-order chi connectivity index (χ1) is 16.2. The van der Waals surface area contributed by atoms with Gasteiger partial charge in [-0.05, 0) is 53.2 Å². The Kier molecular flexibility index (Phi) is 5.74. The zero-order valence-electron chi connectivity index (χ0n) is 17.9. The van der Waals surface area contributed by atoms with Gasteiger partial charge in [-0.2, -0.15) is 0 Å². The lowest BCUT2D eigenvalue weighted by atomic mass is 10.0. The zero-order valence-corrected chi connectivity index (χ0v) is 18.7. The Morgan fingerprint density at radius 1 is 0.879 bits per heavy atom. The molecule has 1 heterocycles. The van der Waals surface area contributed by atoms with Crippen molar-refractivity contribution in [3.63, 3.8) is 0 Å². The molecule has 33 heavy (non-hydrogen) atoms. The van der Waals surface area contributed by atoms with E-state index in [1.807, 2.05) is 96.4 Å². The summed E-state index contributed by atoms with van der Waals surface area (Å²) in [5, 5.41) is 11.1. The van der Waals surface area contributed by atoms with Crippen molar-refractivity contribution in [3.8, 4) is 17.0 Å². The van der Waals surface area contributed by atoms with E-state index in [0.29, 0.717) is 5.56 Å². The largest absolute Gasteiger partial charge is 0.497 e. The first-order valence-electron chi connectivity index (χ1n) is 10.5. The van der Waals surface area contributed by atoms with E-state index in [1.165, 1.54) is 11.3 Å². The number of ether oxygens (including phenoxy) is 1. The normalized spacial score (nSPS) is 10.7. The van der Waals surface area contributed by atoms with E-state index in [-0.39, 0.29) is 5.91 Å². The SMILES string of the molecule is COc1ccc(Nc2nc(-c3cccc(NC(=O)c4cccc5ccccc45)c3)cs2)cc1. The van der Waals surface area contributed by atoms with Crippen LogP contribution in [-0.4, -0.2) is 18.0 Å². The van der Waals surface area contributed by atoms with Crippen molar-refractivity contribution in [1.82, 2.24) is 4.98 Å². The number of hydrogen-bond acceptors (Lipinski definition) is 5. The van der Waals surface area contributed by atoms with Crippen molar-refractivity contribution in [2.24, 2.45) is 0 Å². The number of thiazole rings is 1. The van der Waals surface area contributed by atoms with Gasteiger partial charge in [-0.3, -0.25) is 4.79 Å². The maximum Gasteiger partial charge on any atom is 0.256 e. The predicted octanol–water partition coefficient (Wildman–Crippen LogP) is 6.97. The monoisotopic (exact) mass is 451 g/mol. The second-order valence-corrected chi connectivity index (χ2v) is 8.31. The van der Waals surface area contributed by atoms with Gasteiger partial charge in [-0.25, -0.2) is 4.98 Å². The molecule has 0 unspecified atom stereocenters. The van der Waals surface area contributed by atoms with E-state index < -0.39 is 0 Å². The molecule has 0 fully saturated rings. The first kappa shape index (κ1) is 20.7. The molecule has 0 aliphatic rings. The van der Waals surface area contributed by atoms with Crippen LogP contribution in [0, 0.1) is 0 Å². The lowest BCUT2D eigenvalue weighted by Gasteiger charge is -2.09. The molecule has 0 bridgehead atoms. The average molecular weight is 452 g/mol. The van der Waals surface area contributed by atoms with Gasteiger partial charge < -0.3 is 15.4 Å². The summed E-state index contributed by atoms with van der Waals surface area (Å²) < 4.78 is 5.20. The molecular formula is C27H21N3O2S. The molecule has 162 valence electrons. The molecule has 0 radical (unpaired) electrons. The standard InChI is InChI=1S/C27H21N3O2S/c1-32-22-14-12-20(13-15-22)29-27-30-25(17-33-27)19-8-4-9-21(16-19)28-26(31)24-11-5-7-18-6-2-3-10-23(18)24/h2-17H,1H3,(H,28,31)(H,29,30). The Balaban J connectivity index is 1.33. The van der Waals surface area contributed by atoms with E-state index >= 15 is 0 Å². The molecule has 0 saturated heterocycles. The van der Waals surface area contributed by atoms with Crippen LogP contribution >= 0.6 is 11.3 Å². The molecule has 5 aromatic rings. The number of fused-ring (bicyclic) bond motifs is 1. The number of nitrogens with zero attached hydrogens (tertiary/aromatic N) is 1. The van der Waals surface area contributed by atoms with Crippen molar-refractivity contribution in [1.29, 1.82) is 0 Å². The number of amides is 1. The lowest BCUT2D eigenvalue weighted by molar-refractivity contribution is 0.102. The van der Waals surface area contributed by atoms with E-state index in [1.54, 1.807) is 7.11 Å². The third kappa shape index (κ3) is 4.56. The highest BCUT2D eigenvalue weighted by molar-refractivity contribution is 7.14. The third-order valence-corrected chi connectivity index (χ3v) is 6.05. The van der Waals surface area contributed by atoms with Gasteiger partial charge in [0.25, 0.3) is 5.91 Å². The molecule has 0 saturated carbocycles. The van der Waals surface area contributed by atoms with Crippen molar-refractivity contribution in [2.75, 3.05) is 17.7 Å². The van der Waals surface area contributed by atoms with Crippen LogP contribution < -0.4 is 15.4 Å². The van der Waals surface area contributed by atoms with Gasteiger partial charge in [0.1, 0.15) is 5.75 Å². The summed E-state index contributed by atoms with van der Waals surface area (Å²) in [4.78, 5) is 17.7. The van der Waals surface area contributed by atoms with Crippen LogP contribution in [0.2, 0.25) is 0 Å². The molecule has 0 spiro atoms. The quantitative estimate of drug-likeness (QED) is 0.293. The highest BCUT2D eigenvalue weighted by atomic mass is 32.1. The summed E-state index contributed by atoms with van der Waals surface area (Å²) in [5.74, 6) is 0.673. The molecule has 6 heteroatoms. The molecule has 1 amide bonds. The van der Waals surface area contributed by atoms with Gasteiger partial charge in [0, 0.05) is 27.9 Å². The number of aromatic nitrogens is 1. The third-order valence-electron chi connectivity index (χ3n) is 5.30. The highest BCUT2D eigenvalue weighted by Gasteiger charge is 2.11. The number of carbonyl (C=O) groups excluding carboxylic acids is 1. The van der Waals surface area contributed by atoms with E-state index in [0.717, 1.165) is 44.3 Å². The number of methoxy groups -OCH3 is 1. The Hall–Kier alpha value is -4.16. The molecule has 4 aromatic carbocycles. The van der Waals surface area contributed by atoms with Crippen molar-refractivity contribution >= 4 is 44.5 Å². The number of anilines is 3. The highest BCUT2D eigenvalue weighted by Crippen LogP contribution is 2.29. The zero-order chi connectivity index (χ0) is 22.6. The molecular weight excluding hydrogens is 430 g/mol. The summed E-state index contributed by atoms with van der Waals surface area (Å²) in [7, 11) is 1.65. The Morgan fingerprint density at radius 2 is 1.67 bits per heavy atom. The summed E-state index contributed by atoms with van der Waals surface area (Å²) in [6.07, 6.45) is 0. The molecule has 2 N–H and O–H groups in total. The topological polar surface area (TPSA) is 63.2 Å². The lowest BCUT2D eigenvalue weighted by Crippen LogP contribution is -2.12. The van der Waals surface area contributed by atoms with E-state index in [2.05, 4.69) is 10.6 Å². The van der Waals surface area contributed by atoms with Gasteiger partial charge in [0.15, 0.2) is 5.13 Å². The van der Waals surface area contributed by atoms with Crippen molar-refractivity contribution in [3.05, 3.63) is 102 Å². The second-order valence-electron chi connectivity index (χ2n) is 7.45. The minimum Gasteiger partial charge on any atom is -0.497 e. The predicted molar refractivity (Wildman–Crippen MR) is 136 cm³/mol. The Labute approximate surface area is 195 Å². The van der Waals surface area contributed by atoms with E-state index in [9.17, 15) is 4.79 Å². The van der Waals surface area contributed by atoms with Crippen LogP contribution in [0.15, 0.2) is 96.4 Å². The summed E-state index contributed by atoms with van der Waals surface area (Å²) in [6.45, 7) is 0. The minimum atomic E-state index is -0.135. The van der Waals surface area contributed by atoms with Gasteiger partial charge in [-0.15, -0.1) is 11.3 Å². The van der Waals surface area contributed by atoms with Crippen LogP contribution in [0.1, 0.15) is 10.4 Å². The van der Waals surface area contributed by atoms with Crippen LogP contribution in [-0.2, 0) is 0 Å². The molecule has 0 atom stereocenters. The summed E-state index contributed by atoms with van der Waals surface area (Å²) in [6, 6.07) is 29.1. The number of hydrogen-bond donors (Lipinski definition) is 2. The van der Waals surface area contributed by atoms with Crippen LogP contribution in [0.5, 0.6) is 5.75 Å². The van der Waals surface area contributed by atoms with Gasteiger partial charge >= 0.3 is 0 Å². The maximum atomic E-state index is 13.0. The van der Waals surface area contributed by atoms with Gasteiger partial charge in [-0.1, -0.05) is 48.5 Å². The molecule has 5 nitrogen and oxygen atoms in total. The second kappa shape index (κ2) is 9.14. The van der Waals surface area contributed by atoms with E-state index in [4.69, 9.17) is 9.72 Å². The Bertz CT molecular complexity index is 1420.